The number of aliphatic hydroxyl groups is 3. The second-order valence-electron chi connectivity index (χ2n) is 12.1. The van der Waals surface area contributed by atoms with Crippen LogP contribution in [0.5, 0.6) is 5.75 Å². The van der Waals surface area contributed by atoms with Crippen LogP contribution in [0.3, 0.4) is 0 Å². The minimum Gasteiger partial charge on any atom is -0.510 e. The van der Waals surface area contributed by atoms with Gasteiger partial charge in [0.1, 0.15) is 28.9 Å². The third-order valence-corrected chi connectivity index (χ3v) is 9.31. The molecule has 12 heteroatoms. The number of amides is 1. The Morgan fingerprint density at radius 3 is 2.40 bits per heavy atom. The minimum absolute atomic E-state index is 0.0117. The molecule has 6 unspecified atom stereocenters. The van der Waals surface area contributed by atoms with Crippen molar-refractivity contribution >= 4 is 23.4 Å². The van der Waals surface area contributed by atoms with E-state index in [-0.39, 0.29) is 30.4 Å². The van der Waals surface area contributed by atoms with Crippen molar-refractivity contribution in [2.24, 2.45) is 17.6 Å². The molecule has 12 nitrogen and oxygen atoms in total. The first-order valence-corrected chi connectivity index (χ1v) is 14.6. The average Bonchev–Trinajstić information content (AvgIpc) is 3.45. The number of ether oxygens (including phenoxy) is 2. The third-order valence-electron chi connectivity index (χ3n) is 9.31. The van der Waals surface area contributed by atoms with E-state index < -0.39 is 81.6 Å². The number of phenolic OH excluding ortho intramolecular Hbond substituents is 1. The summed E-state index contributed by atoms with van der Waals surface area (Å²) in [5, 5.41) is 46.0. The quantitative estimate of drug-likeness (QED) is 0.217. The summed E-state index contributed by atoms with van der Waals surface area (Å²) < 4.78 is 12.3. The Balaban J connectivity index is 1.80. The molecule has 1 saturated carbocycles. The van der Waals surface area contributed by atoms with Gasteiger partial charge in [-0.2, -0.15) is 0 Å². The zero-order valence-electron chi connectivity index (χ0n) is 24.4. The van der Waals surface area contributed by atoms with Crippen LogP contribution in [0, 0.1) is 11.8 Å². The number of ketones is 2. The number of nitrogens with zero attached hydrogens (tertiary/aromatic N) is 1. The Kier molecular flexibility index (Phi) is 8.14. The molecule has 0 heterocycles. The van der Waals surface area contributed by atoms with Gasteiger partial charge in [-0.1, -0.05) is 31.9 Å². The molecule has 0 bridgehead atoms. The number of Topliss-reactive ketones (excluding diaryl/α,β-unsaturated/α-hetero) is 2. The van der Waals surface area contributed by atoms with E-state index in [1.165, 1.54) is 25.1 Å². The van der Waals surface area contributed by atoms with Gasteiger partial charge in [-0.3, -0.25) is 24.1 Å². The molecule has 6 N–H and O–H groups in total. The molecule has 1 fully saturated rings. The highest BCUT2D eigenvalue weighted by Crippen LogP contribution is 2.56. The van der Waals surface area contributed by atoms with Crippen LogP contribution in [0.15, 0.2) is 40.9 Å². The van der Waals surface area contributed by atoms with Crippen LogP contribution in [0.2, 0.25) is 0 Å². The number of nitrogens with two attached hydrogens (primary N) is 1. The number of aromatic hydroxyl groups is 1. The van der Waals surface area contributed by atoms with Gasteiger partial charge in [0.05, 0.1) is 30.2 Å². The number of hydrogen-bond donors (Lipinski definition) is 5. The molecule has 232 valence electrons. The SMILES string of the molecule is CCCC(=O)OC1C2C(=C(O)C3(O)C(=O)C(C(N)=O)=C(O)C(N(C)C)C13)C(=O)c1c(O)cccc1C2COC1CCCC1. The lowest BCUT2D eigenvalue weighted by Crippen LogP contribution is -2.69. The van der Waals surface area contributed by atoms with Crippen molar-refractivity contribution in [3.05, 3.63) is 52.0 Å². The van der Waals surface area contributed by atoms with E-state index >= 15 is 0 Å². The number of hydrogen-bond acceptors (Lipinski definition) is 11. The fraction of sp³-hybridized carbons (Fsp3) is 0.548. The van der Waals surface area contributed by atoms with E-state index in [9.17, 15) is 39.6 Å². The van der Waals surface area contributed by atoms with Crippen molar-refractivity contribution in [2.45, 2.75) is 75.2 Å². The number of fused-ring (bicyclic) bond motifs is 3. The van der Waals surface area contributed by atoms with Crippen molar-refractivity contribution in [1.29, 1.82) is 0 Å². The van der Waals surface area contributed by atoms with Gasteiger partial charge in [0.2, 0.25) is 5.78 Å². The fourth-order valence-corrected chi connectivity index (χ4v) is 7.42. The van der Waals surface area contributed by atoms with Crippen molar-refractivity contribution < 1.29 is 49.1 Å². The minimum atomic E-state index is -2.98. The molecule has 0 spiro atoms. The molecule has 5 rings (SSSR count). The van der Waals surface area contributed by atoms with Crippen LogP contribution >= 0.6 is 0 Å². The highest BCUT2D eigenvalue weighted by Gasteiger charge is 2.69. The maximum absolute atomic E-state index is 14.1. The summed E-state index contributed by atoms with van der Waals surface area (Å²) in [4.78, 5) is 54.9. The van der Waals surface area contributed by atoms with E-state index in [1.807, 2.05) is 0 Å². The molecular formula is C31H38N2O10. The van der Waals surface area contributed by atoms with Crippen LogP contribution in [0.1, 0.15) is 67.3 Å². The first-order chi connectivity index (χ1) is 20.4. The molecule has 0 saturated heterocycles. The highest BCUT2D eigenvalue weighted by atomic mass is 16.5. The van der Waals surface area contributed by atoms with Gasteiger partial charge < -0.3 is 35.6 Å². The average molecular weight is 599 g/mol. The van der Waals surface area contributed by atoms with Gasteiger partial charge in [0.15, 0.2) is 11.4 Å². The predicted molar refractivity (Wildman–Crippen MR) is 151 cm³/mol. The lowest BCUT2D eigenvalue weighted by Gasteiger charge is -2.54. The third kappa shape index (κ3) is 4.72. The van der Waals surface area contributed by atoms with Gasteiger partial charge in [-0.05, 0) is 45.0 Å². The number of primary amides is 1. The molecule has 0 radical (unpaired) electrons. The van der Waals surface area contributed by atoms with Crippen LogP contribution in [-0.4, -0.2) is 93.3 Å². The number of carbonyl (C=O) groups excluding carboxylic acids is 4. The standard InChI is InChI=1S/C31H38N2O10/c1-4-8-18(35)43-27-20-16(13-42-14-9-5-6-10-14)15-11-7-12-17(34)19(15)25(36)21(20)28(38)31(41)23(27)24(33(2)3)26(37)22(29(31)39)30(32)40/h7,11-12,14,16,20,23-24,27,34,37-38,41H,4-6,8-10,13H2,1-3H3,(H2,32,40). The van der Waals surface area contributed by atoms with Crippen LogP contribution < -0.4 is 5.73 Å². The topological polar surface area (TPSA) is 197 Å². The van der Waals surface area contributed by atoms with Gasteiger partial charge in [0, 0.05) is 23.8 Å². The highest BCUT2D eigenvalue weighted by molar-refractivity contribution is 6.25. The van der Waals surface area contributed by atoms with Gasteiger partial charge in [-0.15, -0.1) is 0 Å². The van der Waals surface area contributed by atoms with Gasteiger partial charge in [0.25, 0.3) is 5.91 Å². The lowest BCUT2D eigenvalue weighted by atomic mass is 9.55. The summed E-state index contributed by atoms with van der Waals surface area (Å²) in [5.74, 6) is -9.97. The Morgan fingerprint density at radius 2 is 1.79 bits per heavy atom. The fourth-order valence-electron chi connectivity index (χ4n) is 7.42. The number of rotatable bonds is 8. The summed E-state index contributed by atoms with van der Waals surface area (Å²) >= 11 is 0. The first-order valence-electron chi connectivity index (χ1n) is 14.6. The predicted octanol–water partition coefficient (Wildman–Crippen LogP) is 1.94. The van der Waals surface area contributed by atoms with E-state index in [0.717, 1.165) is 25.7 Å². The summed E-state index contributed by atoms with van der Waals surface area (Å²) in [5.41, 5.74) is 1.36. The van der Waals surface area contributed by atoms with Crippen molar-refractivity contribution in [3.8, 4) is 5.75 Å². The van der Waals surface area contributed by atoms with E-state index in [2.05, 4.69) is 0 Å². The molecule has 0 aliphatic heterocycles. The zero-order valence-corrected chi connectivity index (χ0v) is 24.4. The molecular weight excluding hydrogens is 560 g/mol. The summed E-state index contributed by atoms with van der Waals surface area (Å²) in [6.07, 6.45) is 2.52. The van der Waals surface area contributed by atoms with Crippen molar-refractivity contribution in [2.75, 3.05) is 20.7 Å². The first kappa shape index (κ1) is 30.7. The number of aliphatic hydroxyl groups excluding tert-OH is 2. The smallest absolute Gasteiger partial charge is 0.306 e. The second kappa shape index (κ2) is 11.4. The largest absolute Gasteiger partial charge is 0.510 e. The number of likely N-dealkylation sites (N-methyl/N-ethyl adjacent to an activating group) is 1. The summed E-state index contributed by atoms with van der Waals surface area (Å²) in [7, 11) is 3.02. The summed E-state index contributed by atoms with van der Waals surface area (Å²) in [6, 6.07) is 3.18. The molecule has 6 atom stereocenters. The van der Waals surface area contributed by atoms with Gasteiger partial charge >= 0.3 is 5.97 Å². The van der Waals surface area contributed by atoms with Crippen LogP contribution in [0.25, 0.3) is 0 Å². The number of benzene rings is 1. The lowest BCUT2D eigenvalue weighted by molar-refractivity contribution is -0.182. The molecule has 0 aromatic heterocycles. The van der Waals surface area contributed by atoms with E-state index in [4.69, 9.17) is 15.2 Å². The monoisotopic (exact) mass is 598 g/mol. The second-order valence-corrected chi connectivity index (χ2v) is 12.1. The maximum atomic E-state index is 14.1. The number of phenols is 1. The van der Waals surface area contributed by atoms with Crippen LogP contribution in [-0.2, 0) is 23.9 Å². The normalized spacial score (nSPS) is 30.8. The molecule has 1 aromatic carbocycles. The molecule has 1 aromatic rings. The van der Waals surface area contributed by atoms with Crippen molar-refractivity contribution in [1.82, 2.24) is 4.90 Å². The van der Waals surface area contributed by atoms with Crippen molar-refractivity contribution in [3.63, 3.8) is 0 Å². The van der Waals surface area contributed by atoms with Crippen LogP contribution in [0.4, 0.5) is 0 Å². The molecule has 4 aliphatic rings. The molecule has 1 amide bonds. The Hall–Kier alpha value is -3.74. The Bertz CT molecular complexity index is 1430. The molecule has 4 aliphatic carbocycles. The Morgan fingerprint density at radius 1 is 1.12 bits per heavy atom. The molecule has 43 heavy (non-hydrogen) atoms. The number of carbonyl (C=O) groups is 4. The van der Waals surface area contributed by atoms with Gasteiger partial charge in [-0.25, -0.2) is 0 Å². The number of esters is 1. The Labute approximate surface area is 248 Å². The summed E-state index contributed by atoms with van der Waals surface area (Å²) in [6.45, 7) is 1.77. The maximum Gasteiger partial charge on any atom is 0.306 e. The zero-order chi connectivity index (χ0) is 31.4. The van der Waals surface area contributed by atoms with E-state index in [1.54, 1.807) is 19.1 Å². The van der Waals surface area contributed by atoms with E-state index in [0.29, 0.717) is 12.0 Å².